The Balaban J connectivity index is 0.00000242. The van der Waals surface area contributed by atoms with Gasteiger partial charge < -0.3 is 15.0 Å². The van der Waals surface area contributed by atoms with Crippen LogP contribution in [0.5, 0.6) is 0 Å². The summed E-state index contributed by atoms with van der Waals surface area (Å²) in [4.78, 5) is 14.2. The number of hydrogen-bond donors (Lipinski definition) is 1. The molecule has 0 bridgehead atoms. The summed E-state index contributed by atoms with van der Waals surface area (Å²) in [5.41, 5.74) is 1.00. The lowest BCUT2D eigenvalue weighted by molar-refractivity contribution is -0.131. The number of halogens is 3. The first kappa shape index (κ1) is 19.5. The van der Waals surface area contributed by atoms with E-state index in [-0.39, 0.29) is 18.3 Å². The fraction of sp³-hybridized carbons (Fsp3) is 0.533. The van der Waals surface area contributed by atoms with Crippen molar-refractivity contribution in [3.63, 3.8) is 0 Å². The maximum Gasteiger partial charge on any atom is 0.237 e. The number of rotatable bonds is 8. The van der Waals surface area contributed by atoms with Gasteiger partial charge in [0.15, 0.2) is 0 Å². The van der Waals surface area contributed by atoms with Crippen LogP contribution in [0.25, 0.3) is 0 Å². The lowest BCUT2D eigenvalue weighted by Crippen LogP contribution is -2.40. The van der Waals surface area contributed by atoms with Gasteiger partial charge in [-0.3, -0.25) is 4.79 Å². The number of hydrogen-bond acceptors (Lipinski definition) is 3. The molecule has 0 saturated heterocycles. The molecule has 1 aromatic rings. The number of carbonyl (C=O) groups is 1. The van der Waals surface area contributed by atoms with Crippen molar-refractivity contribution in [2.45, 2.75) is 25.4 Å². The quantitative estimate of drug-likeness (QED) is 0.718. The van der Waals surface area contributed by atoms with Crippen molar-refractivity contribution in [1.29, 1.82) is 0 Å². The summed E-state index contributed by atoms with van der Waals surface area (Å²) in [6, 6.07) is 5.86. The maximum atomic E-state index is 12.3. The topological polar surface area (TPSA) is 41.6 Å². The van der Waals surface area contributed by atoms with Crippen LogP contribution < -0.4 is 5.32 Å². The van der Waals surface area contributed by atoms with Gasteiger partial charge in [0.2, 0.25) is 5.91 Å². The van der Waals surface area contributed by atoms with Crippen molar-refractivity contribution in [1.82, 2.24) is 10.2 Å². The second kappa shape index (κ2) is 9.58. The van der Waals surface area contributed by atoms with Crippen molar-refractivity contribution in [3.8, 4) is 0 Å². The van der Waals surface area contributed by atoms with Crippen molar-refractivity contribution in [2.75, 3.05) is 26.8 Å². The number of carbonyl (C=O) groups excluding carboxylic acids is 1. The average molecular weight is 368 g/mol. The van der Waals surface area contributed by atoms with E-state index in [9.17, 15) is 4.79 Å². The van der Waals surface area contributed by atoms with Crippen molar-refractivity contribution in [3.05, 3.63) is 33.8 Å². The van der Waals surface area contributed by atoms with Crippen LogP contribution in [0.15, 0.2) is 18.2 Å². The first-order chi connectivity index (χ1) is 10.1. The molecule has 2 rings (SSSR count). The SMILES string of the molecule is COCCNCC(=O)N(Cc1ccc(Cl)c(Cl)c1)C1CC1.Cl. The van der Waals surface area contributed by atoms with Crippen molar-refractivity contribution in [2.24, 2.45) is 0 Å². The van der Waals surface area contributed by atoms with E-state index in [1.165, 1.54) is 0 Å². The van der Waals surface area contributed by atoms with Crippen molar-refractivity contribution < 1.29 is 9.53 Å². The normalized spacial score (nSPS) is 13.6. The molecule has 4 nitrogen and oxygen atoms in total. The molecule has 0 aromatic heterocycles. The summed E-state index contributed by atoms with van der Waals surface area (Å²) < 4.78 is 4.95. The molecule has 124 valence electrons. The van der Waals surface area contributed by atoms with Gasteiger partial charge in [0.1, 0.15) is 0 Å². The molecule has 0 spiro atoms. The molecular weight excluding hydrogens is 347 g/mol. The van der Waals surface area contributed by atoms with E-state index in [4.69, 9.17) is 27.9 Å². The van der Waals surface area contributed by atoms with E-state index in [0.29, 0.717) is 42.3 Å². The molecule has 0 aliphatic heterocycles. The minimum Gasteiger partial charge on any atom is -0.383 e. The second-order valence-electron chi connectivity index (χ2n) is 5.17. The van der Waals surface area contributed by atoms with E-state index in [1.54, 1.807) is 13.2 Å². The Hall–Kier alpha value is -0.520. The molecule has 7 heteroatoms. The zero-order chi connectivity index (χ0) is 15.2. The lowest BCUT2D eigenvalue weighted by atomic mass is 10.2. The number of nitrogens with one attached hydrogen (secondary N) is 1. The predicted molar refractivity (Wildman–Crippen MR) is 92.0 cm³/mol. The standard InChI is InChI=1S/C15H20Cl2N2O2.ClH/c1-21-7-6-18-9-15(20)19(12-3-4-12)10-11-2-5-13(16)14(17)8-11;/h2,5,8,12,18H,3-4,6-7,9-10H2,1H3;1H. The fourth-order valence-corrected chi connectivity index (χ4v) is 2.43. The van der Waals surface area contributed by atoms with Gasteiger partial charge in [-0.1, -0.05) is 29.3 Å². The number of ether oxygens (including phenoxy) is 1. The van der Waals surface area contributed by atoms with Gasteiger partial charge in [-0.15, -0.1) is 12.4 Å². The molecular formula is C15H21Cl3N2O2. The monoisotopic (exact) mass is 366 g/mol. The number of methoxy groups -OCH3 is 1. The van der Waals surface area contributed by atoms with Gasteiger partial charge in [-0.2, -0.15) is 0 Å². The molecule has 1 aromatic carbocycles. The highest BCUT2D eigenvalue weighted by molar-refractivity contribution is 6.42. The summed E-state index contributed by atoms with van der Waals surface area (Å²) in [6.45, 7) is 2.19. The van der Waals surface area contributed by atoms with Gasteiger partial charge in [0.05, 0.1) is 23.2 Å². The van der Waals surface area contributed by atoms with E-state index >= 15 is 0 Å². The first-order valence-corrected chi connectivity index (χ1v) is 7.80. The maximum absolute atomic E-state index is 12.3. The molecule has 1 amide bonds. The molecule has 1 fully saturated rings. The van der Waals surface area contributed by atoms with Gasteiger partial charge in [0.25, 0.3) is 0 Å². The smallest absolute Gasteiger partial charge is 0.237 e. The Morgan fingerprint density at radius 2 is 2.09 bits per heavy atom. The highest BCUT2D eigenvalue weighted by Crippen LogP contribution is 2.30. The summed E-state index contributed by atoms with van der Waals surface area (Å²) in [7, 11) is 1.64. The summed E-state index contributed by atoms with van der Waals surface area (Å²) in [6.07, 6.45) is 2.15. The lowest BCUT2D eigenvalue weighted by Gasteiger charge is -2.23. The van der Waals surface area contributed by atoms with E-state index in [0.717, 1.165) is 18.4 Å². The highest BCUT2D eigenvalue weighted by atomic mass is 35.5. The third kappa shape index (κ3) is 5.94. The molecule has 0 heterocycles. The van der Waals surface area contributed by atoms with Crippen LogP contribution in [-0.4, -0.2) is 43.7 Å². The number of nitrogens with zero attached hydrogens (tertiary/aromatic N) is 1. The Morgan fingerprint density at radius 3 is 2.68 bits per heavy atom. The van der Waals surface area contributed by atoms with Crippen LogP contribution in [0.3, 0.4) is 0 Å². The molecule has 22 heavy (non-hydrogen) atoms. The van der Waals surface area contributed by atoms with Crippen molar-refractivity contribution >= 4 is 41.5 Å². The molecule has 1 saturated carbocycles. The number of amides is 1. The summed E-state index contributed by atoms with van der Waals surface area (Å²) >= 11 is 11.9. The molecule has 1 aliphatic rings. The average Bonchev–Trinajstić information content (AvgIpc) is 3.29. The Labute approximate surface area is 147 Å². The van der Waals surface area contributed by atoms with E-state index in [2.05, 4.69) is 5.32 Å². The zero-order valence-electron chi connectivity index (χ0n) is 12.5. The van der Waals surface area contributed by atoms with E-state index in [1.807, 2.05) is 17.0 Å². The van der Waals surface area contributed by atoms with Crippen LogP contribution in [0.2, 0.25) is 10.0 Å². The van der Waals surface area contributed by atoms with Crippen LogP contribution in [0, 0.1) is 0 Å². The van der Waals surface area contributed by atoms with E-state index < -0.39 is 0 Å². The molecule has 0 atom stereocenters. The first-order valence-electron chi connectivity index (χ1n) is 7.05. The van der Waals surface area contributed by atoms with Crippen LogP contribution in [0.1, 0.15) is 18.4 Å². The highest BCUT2D eigenvalue weighted by Gasteiger charge is 2.32. The van der Waals surface area contributed by atoms with Crippen LogP contribution in [-0.2, 0) is 16.1 Å². The summed E-state index contributed by atoms with van der Waals surface area (Å²) in [5.74, 6) is 0.111. The second-order valence-corrected chi connectivity index (χ2v) is 5.99. The predicted octanol–water partition coefficient (Wildman–Crippen LogP) is 3.14. The minimum absolute atomic E-state index is 0. The molecule has 0 unspecified atom stereocenters. The molecule has 0 radical (unpaired) electrons. The minimum atomic E-state index is 0. The molecule has 1 aliphatic carbocycles. The van der Waals surface area contributed by atoms with Gasteiger partial charge in [-0.05, 0) is 30.5 Å². The Kier molecular flexibility index (Phi) is 8.50. The van der Waals surface area contributed by atoms with Gasteiger partial charge in [-0.25, -0.2) is 0 Å². The van der Waals surface area contributed by atoms with Crippen LogP contribution >= 0.6 is 35.6 Å². The third-order valence-electron chi connectivity index (χ3n) is 3.40. The Morgan fingerprint density at radius 1 is 1.36 bits per heavy atom. The van der Waals surface area contributed by atoms with Gasteiger partial charge in [0, 0.05) is 26.2 Å². The number of benzene rings is 1. The summed E-state index contributed by atoms with van der Waals surface area (Å²) in [5, 5.41) is 4.15. The van der Waals surface area contributed by atoms with Gasteiger partial charge >= 0.3 is 0 Å². The zero-order valence-corrected chi connectivity index (χ0v) is 14.8. The fourth-order valence-electron chi connectivity index (χ4n) is 2.11. The third-order valence-corrected chi connectivity index (χ3v) is 4.14. The molecule has 1 N–H and O–H groups in total. The Bertz CT molecular complexity index is 496. The largest absolute Gasteiger partial charge is 0.383 e. The van der Waals surface area contributed by atoms with Crippen LogP contribution in [0.4, 0.5) is 0 Å².